The van der Waals surface area contributed by atoms with Gasteiger partial charge in [-0.3, -0.25) is 19.3 Å². The van der Waals surface area contributed by atoms with E-state index in [9.17, 15) is 14.9 Å². The number of hydrogen-bond donors (Lipinski definition) is 1. The Morgan fingerprint density at radius 2 is 2.15 bits per heavy atom. The minimum absolute atomic E-state index is 0.134. The molecule has 2 heterocycles. The van der Waals surface area contributed by atoms with E-state index in [0.29, 0.717) is 29.2 Å². The summed E-state index contributed by atoms with van der Waals surface area (Å²) < 4.78 is 6.93. The van der Waals surface area contributed by atoms with Gasteiger partial charge < -0.3 is 10.1 Å². The number of aryl methyl sites for hydroxylation is 2. The van der Waals surface area contributed by atoms with Gasteiger partial charge in [0.15, 0.2) is 0 Å². The van der Waals surface area contributed by atoms with Gasteiger partial charge in [-0.1, -0.05) is 13.0 Å². The number of rotatable bonds is 5. The molecule has 134 valence electrons. The first-order valence-electron chi connectivity index (χ1n) is 8.06. The second-order valence-corrected chi connectivity index (χ2v) is 5.74. The molecule has 3 aromatic rings. The highest BCUT2D eigenvalue weighted by Crippen LogP contribution is 2.29. The number of aromatic nitrogens is 2. The summed E-state index contributed by atoms with van der Waals surface area (Å²) in [5.74, 6) is -0.0641. The normalized spacial score (nSPS) is 10.7. The number of nitrogens with zero attached hydrogens (tertiary/aromatic N) is 3. The Bertz CT molecular complexity index is 1010. The van der Waals surface area contributed by atoms with Gasteiger partial charge >= 0.3 is 0 Å². The van der Waals surface area contributed by atoms with Crippen LogP contribution in [0, 0.1) is 17.0 Å². The zero-order valence-corrected chi connectivity index (χ0v) is 14.6. The number of amides is 1. The molecule has 1 amide bonds. The summed E-state index contributed by atoms with van der Waals surface area (Å²) in [6.07, 6.45) is 2.35. The smallest absolute Gasteiger partial charge is 0.274 e. The standard InChI is InChI=1S/C18H18N4O4/c1-4-13-16(21-9-5-6-11(2)17(21)19-13)18(23)20-14-10-12(22(24)25)7-8-15(14)26-3/h5-10H,4H2,1-3H3,(H,20,23). The minimum atomic E-state index is -0.524. The number of imidazole rings is 1. The van der Waals surface area contributed by atoms with Gasteiger partial charge in [-0.25, -0.2) is 4.98 Å². The van der Waals surface area contributed by atoms with E-state index in [-0.39, 0.29) is 11.4 Å². The van der Waals surface area contributed by atoms with Gasteiger partial charge in [0.1, 0.15) is 17.1 Å². The van der Waals surface area contributed by atoms with E-state index in [1.807, 2.05) is 26.0 Å². The van der Waals surface area contributed by atoms with Gasteiger partial charge in [0.2, 0.25) is 0 Å². The summed E-state index contributed by atoms with van der Waals surface area (Å²) in [6.45, 7) is 3.84. The zero-order chi connectivity index (χ0) is 18.8. The molecule has 3 rings (SSSR count). The second-order valence-electron chi connectivity index (χ2n) is 5.74. The molecular weight excluding hydrogens is 336 g/mol. The number of nitrogens with one attached hydrogen (secondary N) is 1. The maximum absolute atomic E-state index is 12.9. The Kier molecular flexibility index (Phi) is 4.57. The highest BCUT2D eigenvalue weighted by molar-refractivity contribution is 6.05. The summed E-state index contributed by atoms with van der Waals surface area (Å²) >= 11 is 0. The predicted molar refractivity (Wildman–Crippen MR) is 96.9 cm³/mol. The van der Waals surface area contributed by atoms with Crippen LogP contribution >= 0.6 is 0 Å². The fourth-order valence-electron chi connectivity index (χ4n) is 2.83. The van der Waals surface area contributed by atoms with Crippen LogP contribution in [0.25, 0.3) is 5.65 Å². The van der Waals surface area contributed by atoms with Crippen LogP contribution in [0.1, 0.15) is 28.7 Å². The number of pyridine rings is 1. The third-order valence-electron chi connectivity index (χ3n) is 4.11. The number of ether oxygens (including phenoxy) is 1. The molecular formula is C18H18N4O4. The van der Waals surface area contributed by atoms with Crippen molar-refractivity contribution in [1.82, 2.24) is 9.38 Å². The molecule has 0 aliphatic rings. The summed E-state index contributed by atoms with van der Waals surface area (Å²) in [6, 6.07) is 7.81. The Morgan fingerprint density at radius 3 is 2.81 bits per heavy atom. The molecule has 0 unspecified atom stereocenters. The van der Waals surface area contributed by atoms with Crippen LogP contribution < -0.4 is 10.1 Å². The van der Waals surface area contributed by atoms with Gasteiger partial charge in [-0.2, -0.15) is 0 Å². The number of nitro groups is 1. The maximum Gasteiger partial charge on any atom is 0.274 e. The SMILES string of the molecule is CCc1nc2c(C)cccn2c1C(=O)Nc1cc([N+](=O)[O-])ccc1OC. The number of non-ortho nitro benzene ring substituents is 1. The monoisotopic (exact) mass is 354 g/mol. The van der Waals surface area contributed by atoms with E-state index < -0.39 is 10.8 Å². The molecule has 0 aliphatic heterocycles. The quantitative estimate of drug-likeness (QED) is 0.559. The van der Waals surface area contributed by atoms with Crippen LogP contribution in [-0.2, 0) is 6.42 Å². The molecule has 8 heteroatoms. The van der Waals surface area contributed by atoms with Crippen molar-refractivity contribution in [2.45, 2.75) is 20.3 Å². The van der Waals surface area contributed by atoms with Crippen LogP contribution in [-0.4, -0.2) is 27.3 Å². The van der Waals surface area contributed by atoms with Crippen LogP contribution in [0.2, 0.25) is 0 Å². The lowest BCUT2D eigenvalue weighted by Gasteiger charge is -2.10. The first kappa shape index (κ1) is 17.4. The highest BCUT2D eigenvalue weighted by Gasteiger charge is 2.21. The van der Waals surface area contributed by atoms with E-state index in [1.54, 1.807) is 10.6 Å². The molecule has 1 aromatic carbocycles. The zero-order valence-electron chi connectivity index (χ0n) is 14.6. The Morgan fingerprint density at radius 1 is 1.38 bits per heavy atom. The van der Waals surface area contributed by atoms with Crippen molar-refractivity contribution in [2.75, 3.05) is 12.4 Å². The van der Waals surface area contributed by atoms with E-state index in [2.05, 4.69) is 10.3 Å². The van der Waals surface area contributed by atoms with Crippen molar-refractivity contribution in [3.05, 3.63) is 63.6 Å². The molecule has 1 N–H and O–H groups in total. The van der Waals surface area contributed by atoms with Gasteiger partial charge in [0.25, 0.3) is 11.6 Å². The van der Waals surface area contributed by atoms with Crippen molar-refractivity contribution < 1.29 is 14.5 Å². The number of hydrogen-bond acceptors (Lipinski definition) is 5. The molecule has 0 bridgehead atoms. The Balaban J connectivity index is 2.06. The molecule has 26 heavy (non-hydrogen) atoms. The number of fused-ring (bicyclic) bond motifs is 1. The third kappa shape index (κ3) is 2.97. The van der Waals surface area contributed by atoms with Crippen molar-refractivity contribution in [3.63, 3.8) is 0 Å². The second kappa shape index (κ2) is 6.83. The molecule has 0 saturated carbocycles. The highest BCUT2D eigenvalue weighted by atomic mass is 16.6. The molecule has 0 saturated heterocycles. The lowest BCUT2D eigenvalue weighted by molar-refractivity contribution is -0.384. The van der Waals surface area contributed by atoms with Crippen molar-refractivity contribution in [3.8, 4) is 5.75 Å². The van der Waals surface area contributed by atoms with Gasteiger partial charge in [0.05, 0.1) is 23.4 Å². The fourth-order valence-corrected chi connectivity index (χ4v) is 2.83. The first-order valence-corrected chi connectivity index (χ1v) is 8.06. The number of carbonyl (C=O) groups is 1. The van der Waals surface area contributed by atoms with Crippen molar-refractivity contribution in [1.29, 1.82) is 0 Å². The van der Waals surface area contributed by atoms with Crippen LogP contribution in [0.3, 0.4) is 0 Å². The topological polar surface area (TPSA) is 98.8 Å². The van der Waals surface area contributed by atoms with Crippen molar-refractivity contribution in [2.24, 2.45) is 0 Å². The van der Waals surface area contributed by atoms with Crippen LogP contribution in [0.4, 0.5) is 11.4 Å². The number of anilines is 1. The number of carbonyl (C=O) groups excluding carboxylic acids is 1. The van der Waals surface area contributed by atoms with Crippen molar-refractivity contribution >= 4 is 22.9 Å². The summed E-state index contributed by atoms with van der Waals surface area (Å²) in [5, 5.41) is 13.7. The Labute approximate surface area is 149 Å². The van der Waals surface area contributed by atoms with E-state index in [0.717, 1.165) is 5.56 Å². The molecule has 0 radical (unpaired) electrons. The number of nitro benzene ring substituents is 1. The predicted octanol–water partition coefficient (Wildman–Crippen LogP) is 3.37. The molecule has 0 spiro atoms. The lowest BCUT2D eigenvalue weighted by Crippen LogP contribution is -2.17. The average molecular weight is 354 g/mol. The van der Waals surface area contributed by atoms with Crippen LogP contribution in [0.15, 0.2) is 36.5 Å². The average Bonchev–Trinajstić information content (AvgIpc) is 3.01. The first-order chi connectivity index (χ1) is 12.5. The summed E-state index contributed by atoms with van der Waals surface area (Å²) in [5.41, 5.74) is 2.82. The van der Waals surface area contributed by atoms with Gasteiger partial charge in [-0.15, -0.1) is 0 Å². The third-order valence-corrected chi connectivity index (χ3v) is 4.11. The van der Waals surface area contributed by atoms with E-state index in [4.69, 9.17) is 4.74 Å². The molecule has 2 aromatic heterocycles. The van der Waals surface area contributed by atoms with Crippen LogP contribution in [0.5, 0.6) is 5.75 Å². The molecule has 8 nitrogen and oxygen atoms in total. The Hall–Kier alpha value is -3.42. The largest absolute Gasteiger partial charge is 0.495 e. The summed E-state index contributed by atoms with van der Waals surface area (Å²) in [4.78, 5) is 28.0. The van der Waals surface area contributed by atoms with E-state index >= 15 is 0 Å². The lowest BCUT2D eigenvalue weighted by atomic mass is 10.2. The van der Waals surface area contributed by atoms with Gasteiger partial charge in [-0.05, 0) is 31.0 Å². The van der Waals surface area contributed by atoms with Gasteiger partial charge in [0, 0.05) is 18.3 Å². The summed E-state index contributed by atoms with van der Waals surface area (Å²) in [7, 11) is 1.44. The van der Waals surface area contributed by atoms with E-state index in [1.165, 1.54) is 25.3 Å². The maximum atomic E-state index is 12.9. The number of benzene rings is 1. The minimum Gasteiger partial charge on any atom is -0.495 e. The fraction of sp³-hybridized carbons (Fsp3) is 0.222. The molecule has 0 fully saturated rings. The molecule has 0 atom stereocenters. The molecule has 0 aliphatic carbocycles. The number of methoxy groups -OCH3 is 1.